The molecule has 1 atom stereocenters. The van der Waals surface area contributed by atoms with Crippen molar-refractivity contribution in [2.24, 2.45) is 0 Å². The number of anilines is 2. The molecule has 2 amide bonds. The molecule has 1 aromatic carbocycles. The minimum atomic E-state index is -0.665. The van der Waals surface area contributed by atoms with E-state index >= 15 is 0 Å². The highest BCUT2D eigenvalue weighted by molar-refractivity contribution is 6.44. The normalized spacial score (nSPS) is 16.3. The van der Waals surface area contributed by atoms with Crippen LogP contribution in [0.15, 0.2) is 42.6 Å². The van der Waals surface area contributed by atoms with Crippen LogP contribution in [-0.4, -0.2) is 22.8 Å². The fraction of sp³-hybridized carbons (Fsp3) is 0.235. The minimum Gasteiger partial charge on any atom is -0.302 e. The van der Waals surface area contributed by atoms with Gasteiger partial charge in [-0.3, -0.25) is 9.59 Å². The second kappa shape index (κ2) is 5.60. The molecule has 1 aliphatic heterocycles. The van der Waals surface area contributed by atoms with Crippen molar-refractivity contribution in [3.8, 4) is 0 Å². The number of nitrogens with zero attached hydrogens (tertiary/aromatic N) is 2. The van der Waals surface area contributed by atoms with Crippen molar-refractivity contribution < 1.29 is 9.59 Å². The Kier molecular flexibility index (Phi) is 3.63. The average molecular weight is 295 g/mol. The zero-order valence-corrected chi connectivity index (χ0v) is 12.5. The van der Waals surface area contributed by atoms with E-state index in [4.69, 9.17) is 0 Å². The van der Waals surface area contributed by atoms with Gasteiger partial charge in [0.2, 0.25) is 0 Å². The Morgan fingerprint density at radius 3 is 2.82 bits per heavy atom. The van der Waals surface area contributed by atoms with Gasteiger partial charge in [-0.25, -0.2) is 4.98 Å². The van der Waals surface area contributed by atoms with Gasteiger partial charge in [-0.05, 0) is 49.6 Å². The molecule has 1 unspecified atom stereocenters. The maximum atomic E-state index is 12.5. The van der Waals surface area contributed by atoms with Crippen molar-refractivity contribution >= 4 is 23.3 Å². The van der Waals surface area contributed by atoms with Crippen LogP contribution in [0.5, 0.6) is 0 Å². The van der Waals surface area contributed by atoms with Crippen LogP contribution in [0.25, 0.3) is 0 Å². The van der Waals surface area contributed by atoms with Crippen LogP contribution in [0.4, 0.5) is 11.5 Å². The molecule has 1 N–H and O–H groups in total. The molecule has 0 saturated heterocycles. The van der Waals surface area contributed by atoms with Crippen LogP contribution in [0, 0.1) is 6.92 Å². The first-order valence-corrected chi connectivity index (χ1v) is 7.21. The smallest absolute Gasteiger partial charge is 0.302 e. The second-order valence-corrected chi connectivity index (χ2v) is 5.53. The largest absolute Gasteiger partial charge is 0.316 e. The molecule has 0 saturated carbocycles. The third-order valence-corrected chi connectivity index (χ3v) is 3.78. The third-order valence-electron chi connectivity index (χ3n) is 3.78. The number of amides is 2. The summed E-state index contributed by atoms with van der Waals surface area (Å²) in [6.07, 6.45) is 2.36. The van der Waals surface area contributed by atoms with Gasteiger partial charge in [-0.2, -0.15) is 0 Å². The number of carbonyl (C=O) groups excluding carboxylic acids is 2. The summed E-state index contributed by atoms with van der Waals surface area (Å²) >= 11 is 0. The van der Waals surface area contributed by atoms with Gasteiger partial charge < -0.3 is 10.2 Å². The van der Waals surface area contributed by atoms with E-state index in [1.807, 2.05) is 44.2 Å². The summed E-state index contributed by atoms with van der Waals surface area (Å²) in [7, 11) is 0. The van der Waals surface area contributed by atoms with E-state index in [2.05, 4.69) is 10.3 Å². The van der Waals surface area contributed by atoms with Gasteiger partial charge in [-0.1, -0.05) is 18.2 Å². The Morgan fingerprint density at radius 1 is 1.27 bits per heavy atom. The van der Waals surface area contributed by atoms with Crippen LogP contribution in [-0.2, 0) is 16.0 Å². The number of hydrogen-bond acceptors (Lipinski definition) is 3. The average Bonchev–Trinajstić information content (AvgIpc) is 2.82. The summed E-state index contributed by atoms with van der Waals surface area (Å²) in [5.74, 6) is -0.833. The molecule has 0 aliphatic carbocycles. The molecule has 5 heteroatoms. The van der Waals surface area contributed by atoms with E-state index in [9.17, 15) is 9.59 Å². The molecule has 2 heterocycles. The number of benzene rings is 1. The molecule has 3 rings (SSSR count). The van der Waals surface area contributed by atoms with Crippen molar-refractivity contribution in [2.75, 3.05) is 10.2 Å². The lowest BCUT2D eigenvalue weighted by atomic mass is 10.1. The number of hydrogen-bond donors (Lipinski definition) is 1. The highest BCUT2D eigenvalue weighted by Crippen LogP contribution is 2.31. The first-order valence-electron chi connectivity index (χ1n) is 7.21. The molecule has 1 aliphatic rings. The number of pyridine rings is 1. The second-order valence-electron chi connectivity index (χ2n) is 5.53. The number of para-hydroxylation sites is 1. The van der Waals surface area contributed by atoms with Crippen molar-refractivity contribution in [2.45, 2.75) is 26.3 Å². The summed E-state index contributed by atoms with van der Waals surface area (Å²) < 4.78 is 0. The molecule has 5 nitrogen and oxygen atoms in total. The number of aryl methyl sites for hydroxylation is 1. The van der Waals surface area contributed by atoms with Gasteiger partial charge in [0.25, 0.3) is 0 Å². The standard InChI is InChI=1S/C17H17N3O2/c1-11-7-8-18-15(9-11)19-16(21)17(22)20-12(2)10-13-5-3-4-6-14(13)20/h3-9,12H,10H2,1-2H3,(H,18,19,21). The van der Waals surface area contributed by atoms with E-state index in [1.54, 1.807) is 17.2 Å². The molecule has 112 valence electrons. The number of nitrogens with one attached hydrogen (secondary N) is 1. The summed E-state index contributed by atoms with van der Waals surface area (Å²) in [5.41, 5.74) is 2.87. The van der Waals surface area contributed by atoms with Gasteiger partial charge in [0.15, 0.2) is 0 Å². The number of aromatic nitrogens is 1. The lowest BCUT2D eigenvalue weighted by Crippen LogP contribution is -2.43. The van der Waals surface area contributed by atoms with Crippen LogP contribution in [0.1, 0.15) is 18.1 Å². The molecule has 0 bridgehead atoms. The number of rotatable bonds is 1. The van der Waals surface area contributed by atoms with E-state index in [0.717, 1.165) is 23.2 Å². The molecule has 2 aromatic rings. The van der Waals surface area contributed by atoms with Gasteiger partial charge in [0.1, 0.15) is 5.82 Å². The minimum absolute atomic E-state index is 0.0267. The maximum absolute atomic E-state index is 12.5. The Labute approximate surface area is 129 Å². The van der Waals surface area contributed by atoms with Crippen LogP contribution in [0.2, 0.25) is 0 Å². The zero-order valence-electron chi connectivity index (χ0n) is 12.5. The molecule has 0 spiro atoms. The van der Waals surface area contributed by atoms with E-state index < -0.39 is 11.8 Å². The van der Waals surface area contributed by atoms with Gasteiger partial charge >= 0.3 is 11.8 Å². The third kappa shape index (κ3) is 2.57. The summed E-state index contributed by atoms with van der Waals surface area (Å²) in [6.45, 7) is 3.84. The quantitative estimate of drug-likeness (QED) is 0.821. The van der Waals surface area contributed by atoms with E-state index in [-0.39, 0.29) is 6.04 Å². The first-order chi connectivity index (χ1) is 10.6. The topological polar surface area (TPSA) is 62.3 Å². The Bertz CT molecular complexity index is 742. The lowest BCUT2D eigenvalue weighted by Gasteiger charge is -2.21. The van der Waals surface area contributed by atoms with Crippen molar-refractivity contribution in [1.82, 2.24) is 4.98 Å². The summed E-state index contributed by atoms with van der Waals surface area (Å²) in [6, 6.07) is 11.2. The predicted molar refractivity (Wildman–Crippen MR) is 84.7 cm³/mol. The Morgan fingerprint density at radius 2 is 2.05 bits per heavy atom. The van der Waals surface area contributed by atoms with Gasteiger partial charge in [-0.15, -0.1) is 0 Å². The van der Waals surface area contributed by atoms with Crippen molar-refractivity contribution in [3.63, 3.8) is 0 Å². The molecule has 0 fully saturated rings. The highest BCUT2D eigenvalue weighted by atomic mass is 16.2. The lowest BCUT2D eigenvalue weighted by molar-refractivity contribution is -0.134. The SMILES string of the molecule is Cc1ccnc(NC(=O)C(=O)N2c3ccccc3CC2C)c1. The predicted octanol–water partition coefficient (Wildman–Crippen LogP) is 2.31. The van der Waals surface area contributed by atoms with Crippen LogP contribution in [0.3, 0.4) is 0 Å². The van der Waals surface area contributed by atoms with Crippen molar-refractivity contribution in [3.05, 3.63) is 53.7 Å². The number of fused-ring (bicyclic) bond motifs is 1. The van der Waals surface area contributed by atoms with Gasteiger partial charge in [0.05, 0.1) is 0 Å². The number of carbonyl (C=O) groups is 2. The fourth-order valence-corrected chi connectivity index (χ4v) is 2.76. The van der Waals surface area contributed by atoms with E-state index in [0.29, 0.717) is 5.82 Å². The zero-order chi connectivity index (χ0) is 15.7. The summed E-state index contributed by atoms with van der Waals surface area (Å²) in [5, 5.41) is 2.57. The Balaban J connectivity index is 1.80. The van der Waals surface area contributed by atoms with E-state index in [1.165, 1.54) is 0 Å². The van der Waals surface area contributed by atoms with Crippen LogP contribution >= 0.6 is 0 Å². The molecular weight excluding hydrogens is 278 g/mol. The molecule has 22 heavy (non-hydrogen) atoms. The molecule has 0 radical (unpaired) electrons. The molecular formula is C17H17N3O2. The van der Waals surface area contributed by atoms with Crippen molar-refractivity contribution in [1.29, 1.82) is 0 Å². The molecule has 1 aromatic heterocycles. The van der Waals surface area contributed by atoms with Crippen LogP contribution < -0.4 is 10.2 Å². The Hall–Kier alpha value is -2.69. The summed E-state index contributed by atoms with van der Waals surface area (Å²) in [4.78, 5) is 30.3. The van der Waals surface area contributed by atoms with Gasteiger partial charge in [0, 0.05) is 17.9 Å². The first kappa shape index (κ1) is 14.3. The monoisotopic (exact) mass is 295 g/mol. The fourth-order valence-electron chi connectivity index (χ4n) is 2.76. The maximum Gasteiger partial charge on any atom is 0.316 e. The highest BCUT2D eigenvalue weighted by Gasteiger charge is 2.34.